The molecule has 22 heavy (non-hydrogen) atoms. The summed E-state index contributed by atoms with van der Waals surface area (Å²) in [7, 11) is -3.98. The van der Waals surface area contributed by atoms with E-state index >= 15 is 0 Å². The Kier molecular flexibility index (Phi) is 3.59. The molecule has 1 heterocycles. The molecule has 3 aromatic rings. The van der Waals surface area contributed by atoms with Crippen molar-refractivity contribution in [2.24, 2.45) is 5.73 Å². The number of rotatable bonds is 4. The average molecular weight is 320 g/mol. The standard InChI is InChI=1S/C15H13FN2O3S/c16-11-5-1-2-7-13(11)22(19,20)14-8-18-15-10(14)4-3-6-12(15)21-9-17/h1-8,18H,9,17H2. The van der Waals surface area contributed by atoms with Crippen LogP contribution in [0.5, 0.6) is 5.75 Å². The molecule has 0 atom stereocenters. The molecule has 2 aromatic carbocycles. The van der Waals surface area contributed by atoms with Gasteiger partial charge in [0.15, 0.2) is 0 Å². The van der Waals surface area contributed by atoms with Crippen molar-refractivity contribution in [1.29, 1.82) is 0 Å². The number of H-pyrrole nitrogens is 1. The first-order valence-electron chi connectivity index (χ1n) is 6.48. The SMILES string of the molecule is NCOc1cccc2c(S(=O)(=O)c3ccccc3F)c[nH]c12. The number of fused-ring (bicyclic) bond motifs is 1. The van der Waals surface area contributed by atoms with Gasteiger partial charge >= 0.3 is 0 Å². The van der Waals surface area contributed by atoms with Crippen molar-refractivity contribution in [3.8, 4) is 5.75 Å². The van der Waals surface area contributed by atoms with Crippen LogP contribution < -0.4 is 10.5 Å². The topological polar surface area (TPSA) is 85.2 Å². The smallest absolute Gasteiger partial charge is 0.211 e. The minimum atomic E-state index is -3.98. The van der Waals surface area contributed by atoms with Gasteiger partial charge in [0.2, 0.25) is 9.84 Å². The van der Waals surface area contributed by atoms with Gasteiger partial charge in [-0.3, -0.25) is 5.73 Å². The van der Waals surface area contributed by atoms with E-state index in [9.17, 15) is 12.8 Å². The zero-order valence-electron chi connectivity index (χ0n) is 11.4. The highest BCUT2D eigenvalue weighted by molar-refractivity contribution is 7.91. The molecule has 0 saturated heterocycles. The summed E-state index contributed by atoms with van der Waals surface area (Å²) in [4.78, 5) is 2.49. The molecular formula is C15H13FN2O3S. The number of aromatic amines is 1. The number of benzene rings is 2. The number of nitrogens with one attached hydrogen (secondary N) is 1. The van der Waals surface area contributed by atoms with E-state index in [1.54, 1.807) is 18.2 Å². The van der Waals surface area contributed by atoms with Crippen molar-refractivity contribution in [2.75, 3.05) is 6.73 Å². The molecule has 1 aromatic heterocycles. The van der Waals surface area contributed by atoms with Gasteiger partial charge in [-0.15, -0.1) is 0 Å². The lowest BCUT2D eigenvalue weighted by Crippen LogP contribution is -2.07. The number of nitrogens with two attached hydrogens (primary N) is 1. The second kappa shape index (κ2) is 5.43. The quantitative estimate of drug-likeness (QED) is 0.723. The molecule has 0 aliphatic heterocycles. The molecule has 0 amide bonds. The van der Waals surface area contributed by atoms with E-state index in [0.29, 0.717) is 16.7 Å². The lowest BCUT2D eigenvalue weighted by Gasteiger charge is -2.06. The van der Waals surface area contributed by atoms with E-state index in [4.69, 9.17) is 10.5 Å². The van der Waals surface area contributed by atoms with E-state index in [1.807, 2.05) is 0 Å². The molecule has 0 unspecified atom stereocenters. The third kappa shape index (κ3) is 2.24. The average Bonchev–Trinajstić information content (AvgIpc) is 2.93. The Morgan fingerprint density at radius 3 is 2.59 bits per heavy atom. The van der Waals surface area contributed by atoms with Gasteiger partial charge in [-0.1, -0.05) is 24.3 Å². The van der Waals surface area contributed by atoms with Gasteiger partial charge in [-0.25, -0.2) is 12.8 Å². The normalized spacial score (nSPS) is 11.7. The fraction of sp³-hybridized carbons (Fsp3) is 0.0667. The third-order valence-electron chi connectivity index (χ3n) is 3.29. The Balaban J connectivity index is 2.23. The molecule has 0 aliphatic rings. The maximum Gasteiger partial charge on any atom is 0.211 e. The maximum atomic E-state index is 13.8. The summed E-state index contributed by atoms with van der Waals surface area (Å²) in [6, 6.07) is 10.2. The highest BCUT2D eigenvalue weighted by Gasteiger charge is 2.25. The Morgan fingerprint density at radius 1 is 1.09 bits per heavy atom. The Hall–Kier alpha value is -2.38. The van der Waals surface area contributed by atoms with Crippen molar-refractivity contribution in [3.63, 3.8) is 0 Å². The predicted octanol–water partition coefficient (Wildman–Crippen LogP) is 2.43. The number of hydrogen-bond acceptors (Lipinski definition) is 4. The zero-order chi connectivity index (χ0) is 15.7. The molecule has 3 rings (SSSR count). The lowest BCUT2D eigenvalue weighted by molar-refractivity contribution is 0.333. The summed E-state index contributed by atoms with van der Waals surface area (Å²) in [5.74, 6) is -0.346. The first-order chi connectivity index (χ1) is 10.6. The Morgan fingerprint density at radius 2 is 1.86 bits per heavy atom. The molecule has 0 spiro atoms. The van der Waals surface area contributed by atoms with Crippen LogP contribution in [0.2, 0.25) is 0 Å². The van der Waals surface area contributed by atoms with Crippen LogP contribution in [0.1, 0.15) is 0 Å². The number of ether oxygens (including phenoxy) is 1. The fourth-order valence-electron chi connectivity index (χ4n) is 2.31. The molecule has 7 heteroatoms. The molecular weight excluding hydrogens is 307 g/mol. The number of aromatic nitrogens is 1. The van der Waals surface area contributed by atoms with Gasteiger partial charge in [-0.2, -0.15) is 0 Å². The molecule has 3 N–H and O–H groups in total. The monoisotopic (exact) mass is 320 g/mol. The van der Waals surface area contributed by atoms with Crippen LogP contribution in [-0.4, -0.2) is 20.1 Å². The van der Waals surface area contributed by atoms with Crippen LogP contribution in [0.3, 0.4) is 0 Å². The summed E-state index contributed by atoms with van der Waals surface area (Å²) < 4.78 is 44.4. The van der Waals surface area contributed by atoms with Gasteiger partial charge in [0.25, 0.3) is 0 Å². The van der Waals surface area contributed by atoms with Gasteiger partial charge in [0.1, 0.15) is 23.2 Å². The molecule has 5 nitrogen and oxygen atoms in total. The summed E-state index contributed by atoms with van der Waals surface area (Å²) in [5, 5.41) is 0.425. The van der Waals surface area contributed by atoms with Crippen LogP contribution >= 0.6 is 0 Å². The number of hydrogen-bond donors (Lipinski definition) is 2. The highest BCUT2D eigenvalue weighted by atomic mass is 32.2. The van der Waals surface area contributed by atoms with Crippen LogP contribution in [0.25, 0.3) is 10.9 Å². The summed E-state index contributed by atoms with van der Waals surface area (Å²) in [5.41, 5.74) is 5.85. The van der Waals surface area contributed by atoms with E-state index in [-0.39, 0.29) is 16.5 Å². The maximum absolute atomic E-state index is 13.8. The molecule has 0 aliphatic carbocycles. The second-order valence-electron chi connectivity index (χ2n) is 4.58. The van der Waals surface area contributed by atoms with E-state index in [1.165, 1.54) is 24.4 Å². The first kappa shape index (κ1) is 14.6. The minimum absolute atomic E-state index is 0.00456. The third-order valence-corrected chi connectivity index (χ3v) is 5.12. The first-order valence-corrected chi connectivity index (χ1v) is 7.96. The number of para-hydroxylation sites is 1. The predicted molar refractivity (Wildman–Crippen MR) is 79.8 cm³/mol. The fourth-order valence-corrected chi connectivity index (χ4v) is 3.81. The Bertz CT molecular complexity index is 935. The molecule has 0 bridgehead atoms. The Labute approximate surface area is 126 Å². The van der Waals surface area contributed by atoms with Gasteiger partial charge in [0, 0.05) is 11.6 Å². The summed E-state index contributed by atoms with van der Waals surface area (Å²) in [6.45, 7) is -0.0342. The lowest BCUT2D eigenvalue weighted by atomic mass is 10.2. The number of halogens is 1. The van der Waals surface area contributed by atoms with Crippen LogP contribution in [0, 0.1) is 5.82 Å². The van der Waals surface area contributed by atoms with E-state index in [2.05, 4.69) is 4.98 Å². The van der Waals surface area contributed by atoms with Crippen molar-refractivity contribution in [2.45, 2.75) is 9.79 Å². The van der Waals surface area contributed by atoms with Crippen LogP contribution in [0.15, 0.2) is 58.5 Å². The van der Waals surface area contributed by atoms with E-state index < -0.39 is 15.7 Å². The zero-order valence-corrected chi connectivity index (χ0v) is 12.2. The summed E-state index contributed by atoms with van der Waals surface area (Å²) >= 11 is 0. The summed E-state index contributed by atoms with van der Waals surface area (Å²) in [6.07, 6.45) is 1.33. The van der Waals surface area contributed by atoms with Crippen molar-refractivity contribution >= 4 is 20.7 Å². The van der Waals surface area contributed by atoms with Crippen molar-refractivity contribution < 1.29 is 17.5 Å². The minimum Gasteiger partial charge on any atom is -0.476 e. The molecule has 114 valence electrons. The number of sulfone groups is 1. The largest absolute Gasteiger partial charge is 0.476 e. The van der Waals surface area contributed by atoms with E-state index in [0.717, 1.165) is 6.07 Å². The highest BCUT2D eigenvalue weighted by Crippen LogP contribution is 2.33. The van der Waals surface area contributed by atoms with Crippen LogP contribution in [-0.2, 0) is 9.84 Å². The molecule has 0 fully saturated rings. The van der Waals surface area contributed by atoms with Crippen molar-refractivity contribution in [1.82, 2.24) is 4.98 Å². The second-order valence-corrected chi connectivity index (χ2v) is 6.46. The van der Waals surface area contributed by atoms with Gasteiger partial charge in [-0.05, 0) is 18.2 Å². The van der Waals surface area contributed by atoms with Crippen LogP contribution in [0.4, 0.5) is 4.39 Å². The molecule has 0 saturated carbocycles. The van der Waals surface area contributed by atoms with Crippen molar-refractivity contribution in [3.05, 3.63) is 54.5 Å². The van der Waals surface area contributed by atoms with Gasteiger partial charge in [0.05, 0.1) is 10.4 Å². The molecule has 0 radical (unpaired) electrons. The van der Waals surface area contributed by atoms with Gasteiger partial charge < -0.3 is 9.72 Å².